The molecule has 3 rings (SSSR count). The van der Waals surface area contributed by atoms with E-state index >= 15 is 0 Å². The van der Waals surface area contributed by atoms with Gasteiger partial charge in [0.2, 0.25) is 29.5 Å². The quantitative estimate of drug-likeness (QED) is 0.105. The van der Waals surface area contributed by atoms with Crippen LogP contribution in [-0.4, -0.2) is 107 Å². The molecule has 3 aliphatic heterocycles. The number of nitrogens with zero attached hydrogens (tertiary/aromatic N) is 2. The molecule has 0 saturated carbocycles. The molecule has 0 aromatic carbocycles. The molecule has 0 unspecified atom stereocenters. The number of ether oxygens (including phenoxy) is 1. The van der Waals surface area contributed by atoms with Crippen molar-refractivity contribution in [2.45, 2.75) is 376 Å². The van der Waals surface area contributed by atoms with Gasteiger partial charge in [0.25, 0.3) is 0 Å². The second kappa shape index (κ2) is 46.5. The molecule has 5 amide bonds. The lowest BCUT2D eigenvalue weighted by atomic mass is 9.90. The zero-order valence-electron chi connectivity index (χ0n) is 64.8. The Hall–Kier alpha value is -3.69. The van der Waals surface area contributed by atoms with Crippen LogP contribution in [-0.2, 0) is 38.4 Å². The van der Waals surface area contributed by atoms with Gasteiger partial charge < -0.3 is 30.5 Å². The Kier molecular flexibility index (Phi) is 52.7. The van der Waals surface area contributed by atoms with Crippen LogP contribution in [0.15, 0.2) is 24.6 Å². The first-order chi connectivity index (χ1) is 39.4. The summed E-state index contributed by atoms with van der Waals surface area (Å²) < 4.78 is 4.95. The molecular weight excluding hydrogens is 1160 g/mol. The van der Waals surface area contributed by atoms with E-state index in [1.165, 1.54) is 32.1 Å². The zero-order valence-corrected chi connectivity index (χ0v) is 64.8. The van der Waals surface area contributed by atoms with Gasteiger partial charge in [0.05, 0.1) is 30.5 Å². The smallest absolute Gasteiger partial charge is 0.243 e. The number of amides is 5. The van der Waals surface area contributed by atoms with Crippen LogP contribution < -0.4 is 26.9 Å². The summed E-state index contributed by atoms with van der Waals surface area (Å²) in [6.45, 7) is 82.3. The van der Waals surface area contributed by atoms with Crippen molar-refractivity contribution in [3.63, 3.8) is 0 Å². The highest BCUT2D eigenvalue weighted by Crippen LogP contribution is 2.26. The number of likely N-dealkylation sites (tertiary alicyclic amines) is 2. The van der Waals surface area contributed by atoms with Crippen LogP contribution in [0.25, 0.3) is 0 Å². The monoisotopic (exact) mass is 1330 g/mol. The van der Waals surface area contributed by atoms with Crippen molar-refractivity contribution in [1.29, 1.82) is 0 Å². The van der Waals surface area contributed by atoms with Crippen molar-refractivity contribution in [3.05, 3.63) is 24.6 Å². The lowest BCUT2D eigenvalue weighted by Gasteiger charge is -2.29. The number of carbonyl (C=O) groups is 5. The van der Waals surface area contributed by atoms with E-state index in [-0.39, 0.29) is 108 Å². The number of allylic oxidation sites excluding steroid dienone is 2. The third-order valence-corrected chi connectivity index (χ3v) is 12.0. The second-order valence-electron chi connectivity index (χ2n) is 37.6. The van der Waals surface area contributed by atoms with Crippen molar-refractivity contribution in [3.8, 4) is 0 Å². The molecule has 15 heteroatoms. The van der Waals surface area contributed by atoms with Crippen molar-refractivity contribution in [2.24, 2.45) is 37.9 Å². The molecule has 0 aromatic rings. The maximum absolute atomic E-state index is 11.7. The highest BCUT2D eigenvalue weighted by atomic mass is 16.7. The minimum atomic E-state index is -0.322. The largest absolute Gasteiger partial charge is 0.384 e. The van der Waals surface area contributed by atoms with E-state index in [9.17, 15) is 24.0 Å². The molecule has 15 nitrogen and oxygen atoms in total. The average Bonchev–Trinajstić information content (AvgIpc) is 2.61. The van der Waals surface area contributed by atoms with Gasteiger partial charge in [-0.05, 0) is 179 Å². The molecule has 3 saturated heterocycles. The van der Waals surface area contributed by atoms with Crippen LogP contribution >= 0.6 is 0 Å². The first-order valence-corrected chi connectivity index (χ1v) is 33.6. The SMILES string of the molecule is C.C.C.C.C=C(CC(C)(C)C)NC(C)(C)C.C=C(CC(C)(C)C)NOC(C)(C)C.CC(C)(C)CC(=O)N1CCCC1.CC(C)(C)CC(=O)N1CCCCC1.CC(C)(C)CC(=O)NC1COC1.CC(C)(C)CCC(=O)NC(C)(C)C.CC(C)(C)CCC(=O)NOC(C)(C)C. The summed E-state index contributed by atoms with van der Waals surface area (Å²) in [7, 11) is 0. The number of hydroxylamine groups is 2. The van der Waals surface area contributed by atoms with E-state index in [0.717, 1.165) is 63.3 Å². The molecule has 0 aromatic heterocycles. The summed E-state index contributed by atoms with van der Waals surface area (Å²) in [6, 6.07) is 0.264. The van der Waals surface area contributed by atoms with Gasteiger partial charge in [0, 0.05) is 80.8 Å². The standard InChI is InChI=1S/C11H23NO2.C11H21NO.2C11H23NO.C11H23N.C10H19NO.C9H17NO2.4CH4/c1-10(2,3)8-7-9(13)12-14-11(4,5)6;1-11(2,3)9-10(13)12-7-5-4-6-8-12;1-9(8-10(2,3)4)12-13-11(5,6)7;1-10(2,3)8-7-9(13)12-11(4,5)6;1-9(8-10(2,3)4)12-11(5,6)7;1-10(2,3)8-9(12)11-6-4-5-7-11;1-9(2,3)4-8(11)10-7-5-12-6-7;;;;/h7-8H2,1-6H3,(H,12,13);4-9H2,1-3H3;12H,1,8H2,2-7H3;7-8H2,1-6H3,(H,12,13);12H,1,8H2,2-7H3;4-8H2,1-3H3;7H,4-6H2,1-3H3,(H,10,11);4*1H4. The Bertz CT molecular complexity index is 1930. The van der Waals surface area contributed by atoms with E-state index in [2.05, 4.69) is 206 Å². The summed E-state index contributed by atoms with van der Waals surface area (Å²) in [4.78, 5) is 71.9. The fraction of sp³-hybridized carbons (Fsp3) is 0.885. The van der Waals surface area contributed by atoms with Gasteiger partial charge in [-0.2, -0.15) is 0 Å². The second-order valence-corrected chi connectivity index (χ2v) is 37.6. The fourth-order valence-corrected chi connectivity index (χ4v) is 8.16. The van der Waals surface area contributed by atoms with Crippen molar-refractivity contribution >= 4 is 29.5 Å². The lowest BCUT2D eigenvalue weighted by Crippen LogP contribution is -2.49. The fourth-order valence-electron chi connectivity index (χ4n) is 8.16. The molecule has 0 aliphatic carbocycles. The Morgan fingerprint density at radius 2 is 0.677 bits per heavy atom. The Morgan fingerprint density at radius 1 is 0.376 bits per heavy atom. The van der Waals surface area contributed by atoms with Crippen LogP contribution in [0, 0.1) is 37.9 Å². The maximum Gasteiger partial charge on any atom is 0.243 e. The van der Waals surface area contributed by atoms with Crippen LogP contribution in [0.5, 0.6) is 0 Å². The highest BCUT2D eigenvalue weighted by molar-refractivity contribution is 5.78. The number of hydrogen-bond acceptors (Lipinski definition) is 10. The number of carbonyl (C=O) groups excluding carboxylic acids is 5. The van der Waals surface area contributed by atoms with E-state index in [4.69, 9.17) is 14.4 Å². The predicted molar refractivity (Wildman–Crippen MR) is 406 cm³/mol. The van der Waals surface area contributed by atoms with Crippen molar-refractivity contribution < 1.29 is 38.4 Å². The summed E-state index contributed by atoms with van der Waals surface area (Å²) in [5.41, 5.74) is 8.33. The van der Waals surface area contributed by atoms with Crippen molar-refractivity contribution in [1.82, 2.24) is 36.7 Å². The van der Waals surface area contributed by atoms with Gasteiger partial charge in [-0.25, -0.2) is 5.48 Å². The van der Waals surface area contributed by atoms with Crippen molar-refractivity contribution in [2.75, 3.05) is 39.4 Å². The Balaban J connectivity index is -0.000000150. The Morgan fingerprint density at radius 3 is 0.957 bits per heavy atom. The topological polar surface area (TPSA) is 180 Å². The number of hydrogen-bond donors (Lipinski definition) is 5. The van der Waals surface area contributed by atoms with Crippen LogP contribution in [0.3, 0.4) is 0 Å². The van der Waals surface area contributed by atoms with E-state index in [0.29, 0.717) is 62.5 Å². The summed E-state index contributed by atoms with van der Waals surface area (Å²) in [5, 5.41) is 9.24. The van der Waals surface area contributed by atoms with Gasteiger partial charge >= 0.3 is 0 Å². The summed E-state index contributed by atoms with van der Waals surface area (Å²) in [6.07, 6.45) is 12.9. The van der Waals surface area contributed by atoms with Gasteiger partial charge in [-0.15, -0.1) is 0 Å². The molecule has 560 valence electrons. The van der Waals surface area contributed by atoms with E-state index in [1.807, 2.05) is 72.1 Å². The molecule has 0 atom stereocenters. The molecule has 0 bridgehead atoms. The van der Waals surface area contributed by atoms with Crippen LogP contribution in [0.2, 0.25) is 0 Å². The zero-order chi connectivity index (χ0) is 71.1. The van der Waals surface area contributed by atoms with Crippen LogP contribution in [0.4, 0.5) is 0 Å². The van der Waals surface area contributed by atoms with Crippen LogP contribution in [0.1, 0.15) is 348 Å². The normalized spacial score (nSPS) is 14.5. The summed E-state index contributed by atoms with van der Waals surface area (Å²) >= 11 is 0. The molecule has 93 heavy (non-hydrogen) atoms. The summed E-state index contributed by atoms with van der Waals surface area (Å²) in [5.74, 6) is 0.917. The number of rotatable bonds is 14. The van der Waals surface area contributed by atoms with E-state index < -0.39 is 0 Å². The minimum Gasteiger partial charge on any atom is -0.384 e. The highest BCUT2D eigenvalue weighted by Gasteiger charge is 2.26. The predicted octanol–water partition coefficient (Wildman–Crippen LogP) is 19.9. The minimum absolute atomic E-state index is 0. The third kappa shape index (κ3) is 84.4. The maximum atomic E-state index is 11.7. The van der Waals surface area contributed by atoms with Gasteiger partial charge in [0.1, 0.15) is 0 Å². The lowest BCUT2D eigenvalue weighted by molar-refractivity contribution is -0.146. The van der Waals surface area contributed by atoms with E-state index in [1.54, 1.807) is 0 Å². The molecule has 0 spiro atoms. The van der Waals surface area contributed by atoms with Gasteiger partial charge in [-0.1, -0.05) is 188 Å². The Labute approximate surface area is 580 Å². The molecule has 3 aliphatic rings. The molecular formula is C78H165N7O8. The number of piperidine rings is 1. The first-order valence-electron chi connectivity index (χ1n) is 33.6. The third-order valence-electron chi connectivity index (χ3n) is 12.0. The molecule has 3 fully saturated rings. The van der Waals surface area contributed by atoms with Gasteiger partial charge in [-0.3, -0.25) is 39.1 Å². The first kappa shape index (κ1) is 105. The average molecular weight is 1330 g/mol. The van der Waals surface area contributed by atoms with Gasteiger partial charge in [0.15, 0.2) is 0 Å². The number of nitrogens with one attached hydrogen (secondary N) is 5. The molecule has 5 N–H and O–H groups in total. The molecule has 0 radical (unpaired) electrons. The molecule has 3 heterocycles.